The van der Waals surface area contributed by atoms with Crippen LogP contribution < -0.4 is 14.2 Å². The summed E-state index contributed by atoms with van der Waals surface area (Å²) in [4.78, 5) is 27.5. The Morgan fingerprint density at radius 1 is 0.788 bits per heavy atom. The first kappa shape index (κ1) is 22.7. The van der Waals surface area contributed by atoms with E-state index in [1.165, 1.54) is 0 Å². The fourth-order valence-corrected chi connectivity index (χ4v) is 4.78. The second kappa shape index (κ2) is 8.46. The van der Waals surface area contributed by atoms with Crippen LogP contribution in [0.3, 0.4) is 0 Å². The summed E-state index contributed by atoms with van der Waals surface area (Å²) in [5.74, 6) is -1.94. The molecule has 0 radical (unpaired) electrons. The van der Waals surface area contributed by atoms with Crippen LogP contribution in [0.4, 0.5) is 0 Å². The fraction of sp³-hybridized carbons (Fsp3) is 0.385. The molecule has 0 amide bonds. The Labute approximate surface area is 193 Å². The van der Waals surface area contributed by atoms with Crippen LogP contribution in [0, 0.1) is 5.41 Å². The molecule has 2 atom stereocenters. The van der Waals surface area contributed by atoms with Crippen molar-refractivity contribution in [2.24, 2.45) is 5.41 Å². The molecule has 0 aromatic heterocycles. The zero-order valence-electron chi connectivity index (χ0n) is 19.4. The Morgan fingerprint density at radius 2 is 1.33 bits per heavy atom. The van der Waals surface area contributed by atoms with Gasteiger partial charge in [-0.1, -0.05) is 24.3 Å². The molecule has 1 heterocycles. The highest BCUT2D eigenvalue weighted by Crippen LogP contribution is 2.57. The molecule has 174 valence electrons. The summed E-state index contributed by atoms with van der Waals surface area (Å²) in [6, 6.07) is 12.7. The lowest BCUT2D eigenvalue weighted by atomic mass is 9.58. The molecule has 7 nitrogen and oxygen atoms in total. The average Bonchev–Trinajstić information content (AvgIpc) is 2.81. The minimum absolute atomic E-state index is 0.467. The second-order valence-electron chi connectivity index (χ2n) is 8.66. The van der Waals surface area contributed by atoms with Crippen molar-refractivity contribution >= 4 is 11.9 Å². The first-order valence-corrected chi connectivity index (χ1v) is 10.8. The lowest BCUT2D eigenvalue weighted by molar-refractivity contribution is -0.254. The number of carbonyl (C=O) groups excluding carboxylic acids is 2. The molecular weight excluding hydrogens is 424 g/mol. The van der Waals surface area contributed by atoms with Gasteiger partial charge in [-0.3, -0.25) is 9.59 Å². The number of methoxy groups -OCH3 is 3. The molecule has 0 bridgehead atoms. The monoisotopic (exact) mass is 452 g/mol. The van der Waals surface area contributed by atoms with E-state index in [-0.39, 0.29) is 0 Å². The van der Waals surface area contributed by atoms with E-state index in [1.54, 1.807) is 53.4 Å². The number of hydrogen-bond acceptors (Lipinski definition) is 7. The Balaban J connectivity index is 1.92. The Hall–Kier alpha value is -3.48. The van der Waals surface area contributed by atoms with Crippen LogP contribution >= 0.6 is 0 Å². The third kappa shape index (κ3) is 3.81. The largest absolute Gasteiger partial charge is 0.497 e. The number of cyclic esters (lactones) is 2. The van der Waals surface area contributed by atoms with Crippen molar-refractivity contribution < 1.29 is 33.3 Å². The molecule has 0 N–H and O–H groups in total. The van der Waals surface area contributed by atoms with Gasteiger partial charge in [-0.05, 0) is 41.8 Å². The first-order valence-electron chi connectivity index (χ1n) is 10.8. The van der Waals surface area contributed by atoms with E-state index in [0.717, 1.165) is 5.56 Å². The molecule has 2 aromatic carbocycles. The second-order valence-corrected chi connectivity index (χ2v) is 8.66. The Kier molecular flexibility index (Phi) is 5.82. The standard InChI is InChI=1S/C26H28O7/c1-25(2)32-23(27)26(24(28)33-25)21(16-9-11-18(29-3)12-10-16)7-6-8-22(26)17-13-19(30-4)15-20(14-17)31-5/h6,8-15,21-22H,7H2,1-5H3/t21-,22+/m0/s1. The number of carbonyl (C=O) groups is 2. The van der Waals surface area contributed by atoms with E-state index < -0.39 is 35.0 Å². The van der Waals surface area contributed by atoms with Crippen LogP contribution in [0.5, 0.6) is 17.2 Å². The van der Waals surface area contributed by atoms with Gasteiger partial charge >= 0.3 is 11.9 Å². The topological polar surface area (TPSA) is 80.3 Å². The van der Waals surface area contributed by atoms with Gasteiger partial charge in [0.25, 0.3) is 5.79 Å². The highest BCUT2D eigenvalue weighted by atomic mass is 16.7. The maximum atomic E-state index is 13.8. The minimum Gasteiger partial charge on any atom is -0.497 e. The summed E-state index contributed by atoms with van der Waals surface area (Å²) in [5, 5.41) is 0. The zero-order valence-corrected chi connectivity index (χ0v) is 19.4. The average molecular weight is 453 g/mol. The predicted octanol–water partition coefficient (Wildman–Crippen LogP) is 4.36. The smallest absolute Gasteiger partial charge is 0.328 e. The van der Waals surface area contributed by atoms with Gasteiger partial charge in [-0.25, -0.2) is 0 Å². The van der Waals surface area contributed by atoms with Crippen LogP contribution in [0.1, 0.15) is 43.2 Å². The predicted molar refractivity (Wildman–Crippen MR) is 120 cm³/mol. The summed E-state index contributed by atoms with van der Waals surface area (Å²) in [5.41, 5.74) is -0.112. The summed E-state index contributed by atoms with van der Waals surface area (Å²) >= 11 is 0. The van der Waals surface area contributed by atoms with Crippen LogP contribution in [0.25, 0.3) is 0 Å². The highest BCUT2D eigenvalue weighted by Gasteiger charge is 2.65. The van der Waals surface area contributed by atoms with Crippen molar-refractivity contribution in [1.82, 2.24) is 0 Å². The lowest BCUT2D eigenvalue weighted by Crippen LogP contribution is -2.59. The Morgan fingerprint density at radius 3 is 1.85 bits per heavy atom. The normalized spacial score (nSPS) is 22.9. The van der Waals surface area contributed by atoms with E-state index in [2.05, 4.69) is 0 Å². The summed E-state index contributed by atoms with van der Waals surface area (Å²) in [6.07, 6.45) is 4.32. The van der Waals surface area contributed by atoms with Crippen LogP contribution in [0.2, 0.25) is 0 Å². The molecule has 4 rings (SSSR count). The maximum Gasteiger partial charge on any atom is 0.328 e. The molecule has 1 fully saturated rings. The van der Waals surface area contributed by atoms with E-state index in [4.69, 9.17) is 23.7 Å². The summed E-state index contributed by atoms with van der Waals surface area (Å²) in [6.45, 7) is 3.11. The van der Waals surface area contributed by atoms with E-state index in [9.17, 15) is 9.59 Å². The molecule has 2 aromatic rings. The molecule has 1 spiro atoms. The zero-order chi connectivity index (χ0) is 23.8. The maximum absolute atomic E-state index is 13.8. The Bertz CT molecular complexity index is 1040. The van der Waals surface area contributed by atoms with Gasteiger partial charge in [0.1, 0.15) is 17.2 Å². The van der Waals surface area contributed by atoms with Gasteiger partial charge in [-0.2, -0.15) is 0 Å². The van der Waals surface area contributed by atoms with Crippen molar-refractivity contribution in [1.29, 1.82) is 0 Å². The van der Waals surface area contributed by atoms with Gasteiger partial charge in [0, 0.05) is 31.7 Å². The summed E-state index contributed by atoms with van der Waals surface area (Å²) < 4.78 is 27.5. The van der Waals surface area contributed by atoms with Gasteiger partial charge < -0.3 is 23.7 Å². The molecule has 1 aliphatic carbocycles. The molecule has 1 aliphatic heterocycles. The number of allylic oxidation sites excluding steroid dienone is 2. The van der Waals surface area contributed by atoms with E-state index in [1.807, 2.05) is 36.4 Å². The van der Waals surface area contributed by atoms with Crippen LogP contribution in [0.15, 0.2) is 54.6 Å². The molecular formula is C26H28O7. The summed E-state index contributed by atoms with van der Waals surface area (Å²) in [7, 11) is 4.69. The highest BCUT2D eigenvalue weighted by molar-refractivity contribution is 6.04. The van der Waals surface area contributed by atoms with Crippen LogP contribution in [-0.2, 0) is 19.1 Å². The van der Waals surface area contributed by atoms with Gasteiger partial charge in [0.05, 0.1) is 21.3 Å². The van der Waals surface area contributed by atoms with E-state index >= 15 is 0 Å². The van der Waals surface area contributed by atoms with Gasteiger partial charge in [0.15, 0.2) is 5.41 Å². The van der Waals surface area contributed by atoms with Crippen molar-refractivity contribution in [3.8, 4) is 17.2 Å². The van der Waals surface area contributed by atoms with Crippen molar-refractivity contribution in [2.45, 2.75) is 37.9 Å². The number of rotatable bonds is 5. The number of benzene rings is 2. The lowest BCUT2D eigenvalue weighted by Gasteiger charge is -2.48. The number of hydrogen-bond donors (Lipinski definition) is 0. The number of esters is 2. The molecule has 7 heteroatoms. The van der Waals surface area contributed by atoms with Crippen molar-refractivity contribution in [3.05, 3.63) is 65.7 Å². The van der Waals surface area contributed by atoms with Crippen molar-refractivity contribution in [2.75, 3.05) is 21.3 Å². The third-order valence-corrected chi connectivity index (χ3v) is 6.34. The third-order valence-electron chi connectivity index (χ3n) is 6.34. The van der Waals surface area contributed by atoms with E-state index in [0.29, 0.717) is 29.2 Å². The molecule has 0 saturated carbocycles. The van der Waals surface area contributed by atoms with Gasteiger partial charge in [-0.15, -0.1) is 0 Å². The van der Waals surface area contributed by atoms with Crippen LogP contribution in [-0.4, -0.2) is 39.1 Å². The molecule has 1 saturated heterocycles. The quantitative estimate of drug-likeness (QED) is 0.379. The number of ether oxygens (including phenoxy) is 5. The van der Waals surface area contributed by atoms with Crippen molar-refractivity contribution in [3.63, 3.8) is 0 Å². The van der Waals surface area contributed by atoms with Gasteiger partial charge in [0.2, 0.25) is 0 Å². The fourth-order valence-electron chi connectivity index (χ4n) is 4.78. The molecule has 0 unspecified atom stereocenters. The first-order chi connectivity index (χ1) is 15.7. The molecule has 33 heavy (non-hydrogen) atoms. The molecule has 2 aliphatic rings. The SMILES string of the molecule is COc1ccc([C@@H]2CC=C[C@H](c3cc(OC)cc(OC)c3)C23C(=O)OC(C)(C)OC3=O)cc1. The minimum atomic E-state index is -1.61.